The highest BCUT2D eigenvalue weighted by molar-refractivity contribution is 5.25. The van der Waals surface area contributed by atoms with Gasteiger partial charge in [0.1, 0.15) is 0 Å². The van der Waals surface area contributed by atoms with E-state index in [4.69, 9.17) is 4.74 Å². The van der Waals surface area contributed by atoms with Crippen molar-refractivity contribution in [1.82, 2.24) is 5.32 Å². The highest BCUT2D eigenvalue weighted by atomic mass is 16.5. The molecule has 0 aromatic heterocycles. The van der Waals surface area contributed by atoms with Crippen molar-refractivity contribution in [3.8, 4) is 0 Å². The Hall–Kier alpha value is -0.860. The number of piperidine rings is 1. The van der Waals surface area contributed by atoms with Gasteiger partial charge in [-0.15, -0.1) is 0 Å². The number of ether oxygens (including phenoxy) is 1. The Morgan fingerprint density at radius 1 is 1.21 bits per heavy atom. The zero-order valence-electron chi connectivity index (χ0n) is 12.5. The molecule has 1 aromatic carbocycles. The molecule has 2 heteroatoms. The largest absolute Gasteiger partial charge is 0.379 e. The molecule has 1 unspecified atom stereocenters. The predicted molar refractivity (Wildman–Crippen MR) is 80.4 cm³/mol. The van der Waals surface area contributed by atoms with Gasteiger partial charge in [0.2, 0.25) is 0 Å². The molecule has 0 bridgehead atoms. The van der Waals surface area contributed by atoms with Gasteiger partial charge in [0.15, 0.2) is 0 Å². The molecule has 1 atom stereocenters. The molecule has 0 radical (unpaired) electrons. The van der Waals surface area contributed by atoms with Gasteiger partial charge in [0, 0.05) is 13.2 Å². The lowest BCUT2D eigenvalue weighted by molar-refractivity contribution is 0.0158. The molecule has 0 amide bonds. The van der Waals surface area contributed by atoms with Crippen molar-refractivity contribution in [2.75, 3.05) is 13.7 Å². The monoisotopic (exact) mass is 261 g/mol. The van der Waals surface area contributed by atoms with Crippen LogP contribution < -0.4 is 5.32 Å². The summed E-state index contributed by atoms with van der Waals surface area (Å²) in [5.74, 6) is 0. The second-order valence-electron chi connectivity index (χ2n) is 6.21. The molecule has 106 valence electrons. The molecule has 1 aliphatic rings. The van der Waals surface area contributed by atoms with Crippen molar-refractivity contribution in [2.24, 2.45) is 0 Å². The molecule has 0 aliphatic carbocycles. The van der Waals surface area contributed by atoms with E-state index in [2.05, 4.69) is 43.4 Å². The molecule has 0 spiro atoms. The van der Waals surface area contributed by atoms with Crippen LogP contribution in [-0.4, -0.2) is 19.3 Å². The first-order valence-corrected chi connectivity index (χ1v) is 7.48. The SMILES string of the molecule is COC(C)(C)CCc1ccc(C2CCCCN2)cc1. The van der Waals surface area contributed by atoms with Crippen molar-refractivity contribution < 1.29 is 4.74 Å². The van der Waals surface area contributed by atoms with Gasteiger partial charge < -0.3 is 10.1 Å². The van der Waals surface area contributed by atoms with E-state index < -0.39 is 0 Å². The Morgan fingerprint density at radius 2 is 1.95 bits per heavy atom. The first-order valence-electron chi connectivity index (χ1n) is 7.48. The van der Waals surface area contributed by atoms with Gasteiger partial charge in [0.25, 0.3) is 0 Å². The third-order valence-electron chi connectivity index (χ3n) is 4.26. The predicted octanol–water partition coefficient (Wildman–Crippen LogP) is 3.86. The van der Waals surface area contributed by atoms with Crippen LogP contribution in [0.1, 0.15) is 56.7 Å². The van der Waals surface area contributed by atoms with E-state index in [1.807, 2.05) is 0 Å². The zero-order valence-corrected chi connectivity index (χ0v) is 12.5. The van der Waals surface area contributed by atoms with E-state index in [-0.39, 0.29) is 5.60 Å². The summed E-state index contributed by atoms with van der Waals surface area (Å²) in [4.78, 5) is 0. The lowest BCUT2D eigenvalue weighted by atomic mass is 9.94. The molecule has 1 saturated heterocycles. The molecule has 1 N–H and O–H groups in total. The maximum atomic E-state index is 5.47. The summed E-state index contributed by atoms with van der Waals surface area (Å²) in [6.45, 7) is 5.45. The Morgan fingerprint density at radius 3 is 2.53 bits per heavy atom. The van der Waals surface area contributed by atoms with Gasteiger partial charge in [-0.3, -0.25) is 0 Å². The van der Waals surface area contributed by atoms with Crippen LogP contribution in [0.15, 0.2) is 24.3 Å². The lowest BCUT2D eigenvalue weighted by Gasteiger charge is -2.24. The number of hydrogen-bond acceptors (Lipinski definition) is 2. The van der Waals surface area contributed by atoms with E-state index in [9.17, 15) is 0 Å². The maximum absolute atomic E-state index is 5.47. The number of rotatable bonds is 5. The maximum Gasteiger partial charge on any atom is 0.0625 e. The van der Waals surface area contributed by atoms with Crippen LogP contribution in [0.3, 0.4) is 0 Å². The van der Waals surface area contributed by atoms with Crippen LogP contribution in [0.25, 0.3) is 0 Å². The molecule has 1 aromatic rings. The molecular formula is C17H27NO. The molecule has 2 rings (SSSR count). The van der Waals surface area contributed by atoms with E-state index in [1.54, 1.807) is 7.11 Å². The molecule has 2 nitrogen and oxygen atoms in total. The fraction of sp³-hybridized carbons (Fsp3) is 0.647. The first kappa shape index (κ1) is 14.5. The summed E-state index contributed by atoms with van der Waals surface area (Å²) in [5.41, 5.74) is 2.82. The van der Waals surface area contributed by atoms with E-state index in [0.29, 0.717) is 6.04 Å². The number of benzene rings is 1. The Kier molecular flexibility index (Phi) is 5.00. The molecule has 1 aliphatic heterocycles. The smallest absolute Gasteiger partial charge is 0.0625 e. The van der Waals surface area contributed by atoms with E-state index in [0.717, 1.165) is 19.4 Å². The highest BCUT2D eigenvalue weighted by Crippen LogP contribution is 2.24. The average Bonchev–Trinajstić information content (AvgIpc) is 2.47. The van der Waals surface area contributed by atoms with Crippen molar-refractivity contribution in [1.29, 1.82) is 0 Å². The van der Waals surface area contributed by atoms with Gasteiger partial charge in [-0.2, -0.15) is 0 Å². The summed E-state index contributed by atoms with van der Waals surface area (Å²) < 4.78 is 5.47. The van der Waals surface area contributed by atoms with Crippen LogP contribution in [0.2, 0.25) is 0 Å². The fourth-order valence-electron chi connectivity index (χ4n) is 2.60. The summed E-state index contributed by atoms with van der Waals surface area (Å²) in [6, 6.07) is 9.70. The number of aryl methyl sites for hydroxylation is 1. The second-order valence-corrected chi connectivity index (χ2v) is 6.21. The summed E-state index contributed by atoms with van der Waals surface area (Å²) >= 11 is 0. The minimum Gasteiger partial charge on any atom is -0.379 e. The quantitative estimate of drug-likeness (QED) is 0.869. The van der Waals surface area contributed by atoms with Crippen LogP contribution in [0, 0.1) is 0 Å². The van der Waals surface area contributed by atoms with E-state index >= 15 is 0 Å². The van der Waals surface area contributed by atoms with Gasteiger partial charge >= 0.3 is 0 Å². The standard InChI is InChI=1S/C17H27NO/c1-17(2,19-3)12-11-14-7-9-15(10-8-14)16-6-4-5-13-18-16/h7-10,16,18H,4-6,11-13H2,1-3H3. The van der Waals surface area contributed by atoms with Gasteiger partial charge in [-0.05, 0) is 57.2 Å². The first-order chi connectivity index (χ1) is 9.11. The molecular weight excluding hydrogens is 234 g/mol. The molecule has 1 fully saturated rings. The van der Waals surface area contributed by atoms with Crippen LogP contribution in [0.4, 0.5) is 0 Å². The number of hydrogen-bond donors (Lipinski definition) is 1. The number of nitrogens with one attached hydrogen (secondary N) is 1. The Balaban J connectivity index is 1.91. The Bertz CT molecular complexity index is 377. The van der Waals surface area contributed by atoms with Crippen molar-refractivity contribution in [3.63, 3.8) is 0 Å². The van der Waals surface area contributed by atoms with Crippen molar-refractivity contribution in [2.45, 2.75) is 57.6 Å². The van der Waals surface area contributed by atoms with Crippen LogP contribution in [0.5, 0.6) is 0 Å². The fourth-order valence-corrected chi connectivity index (χ4v) is 2.60. The van der Waals surface area contributed by atoms with Gasteiger partial charge in [-0.1, -0.05) is 30.7 Å². The Labute approximate surface area is 117 Å². The number of methoxy groups -OCH3 is 1. The van der Waals surface area contributed by atoms with Gasteiger partial charge in [0.05, 0.1) is 5.60 Å². The van der Waals surface area contributed by atoms with E-state index in [1.165, 1.54) is 30.4 Å². The topological polar surface area (TPSA) is 21.3 Å². The normalized spacial score (nSPS) is 20.5. The summed E-state index contributed by atoms with van der Waals surface area (Å²) in [5, 5.41) is 3.60. The highest BCUT2D eigenvalue weighted by Gasteiger charge is 2.17. The minimum absolute atomic E-state index is 0.0242. The van der Waals surface area contributed by atoms with Crippen LogP contribution >= 0.6 is 0 Å². The average molecular weight is 261 g/mol. The summed E-state index contributed by atoms with van der Waals surface area (Å²) in [6.07, 6.45) is 6.09. The molecule has 1 heterocycles. The van der Waals surface area contributed by atoms with Gasteiger partial charge in [-0.25, -0.2) is 0 Å². The lowest BCUT2D eigenvalue weighted by Crippen LogP contribution is -2.26. The van der Waals surface area contributed by atoms with Crippen LogP contribution in [-0.2, 0) is 11.2 Å². The third-order valence-corrected chi connectivity index (χ3v) is 4.26. The summed E-state index contributed by atoms with van der Waals surface area (Å²) in [7, 11) is 1.79. The second kappa shape index (κ2) is 6.53. The zero-order chi connectivity index (χ0) is 13.7. The minimum atomic E-state index is -0.0242. The third kappa shape index (κ3) is 4.32. The molecule has 0 saturated carbocycles. The van der Waals surface area contributed by atoms with Crippen molar-refractivity contribution >= 4 is 0 Å². The molecule has 19 heavy (non-hydrogen) atoms. The van der Waals surface area contributed by atoms with Crippen molar-refractivity contribution in [3.05, 3.63) is 35.4 Å².